The van der Waals surface area contributed by atoms with Crippen LogP contribution in [0, 0.1) is 0 Å². The number of oxime groups is 1. The van der Waals surface area contributed by atoms with Gasteiger partial charge < -0.3 is 14.7 Å². The lowest BCUT2D eigenvalue weighted by atomic mass is 10.0. The lowest BCUT2D eigenvalue weighted by Gasteiger charge is -2.28. The molecule has 0 unspecified atom stereocenters. The SMILES string of the molecule is CC(C)(C)OC[C@@H](O)CN(Cc1cccc(Cl)c1)C[C@@H]1CC(c2ccccc2)=NO1. The molecule has 0 fully saturated rings. The maximum absolute atomic E-state index is 10.6. The number of halogens is 1. The lowest BCUT2D eigenvalue weighted by molar-refractivity contribution is -0.0600. The number of hydrogen-bond donors (Lipinski definition) is 1. The van der Waals surface area contributed by atoms with Crippen molar-refractivity contribution < 1.29 is 14.7 Å². The standard InChI is InChI=1S/C24H31ClN2O3/c1-24(2,3)29-17-21(28)15-27(14-18-8-7-11-20(25)12-18)16-22-13-23(26-30-22)19-9-5-4-6-10-19/h4-12,21-22,28H,13-17H2,1-3H3/t21-,22-/m0/s1. The Morgan fingerprint density at radius 3 is 2.67 bits per heavy atom. The minimum absolute atomic E-state index is 0.0601. The fourth-order valence-corrected chi connectivity index (χ4v) is 3.62. The Kier molecular flexibility index (Phi) is 7.89. The Morgan fingerprint density at radius 2 is 1.97 bits per heavy atom. The van der Waals surface area contributed by atoms with E-state index in [1.165, 1.54) is 0 Å². The van der Waals surface area contributed by atoms with E-state index in [1.807, 2.05) is 75.4 Å². The lowest BCUT2D eigenvalue weighted by Crippen LogP contribution is -2.40. The summed E-state index contributed by atoms with van der Waals surface area (Å²) in [4.78, 5) is 7.89. The summed E-state index contributed by atoms with van der Waals surface area (Å²) < 4.78 is 5.75. The van der Waals surface area contributed by atoms with Crippen molar-refractivity contribution >= 4 is 17.3 Å². The Hall–Kier alpha value is -1.92. The van der Waals surface area contributed by atoms with E-state index in [9.17, 15) is 5.11 Å². The van der Waals surface area contributed by atoms with Gasteiger partial charge >= 0.3 is 0 Å². The van der Waals surface area contributed by atoms with Gasteiger partial charge in [-0.05, 0) is 44.0 Å². The van der Waals surface area contributed by atoms with Crippen molar-refractivity contribution in [3.8, 4) is 0 Å². The van der Waals surface area contributed by atoms with Crippen LogP contribution in [0.3, 0.4) is 0 Å². The van der Waals surface area contributed by atoms with Gasteiger partial charge in [0.15, 0.2) is 0 Å². The van der Waals surface area contributed by atoms with Crippen LogP contribution in [0.5, 0.6) is 0 Å². The van der Waals surface area contributed by atoms with E-state index in [0.29, 0.717) is 24.7 Å². The predicted molar refractivity (Wildman–Crippen MR) is 121 cm³/mol. The summed E-state index contributed by atoms with van der Waals surface area (Å²) in [7, 11) is 0. The fraction of sp³-hybridized carbons (Fsp3) is 0.458. The van der Waals surface area contributed by atoms with Gasteiger partial charge in [-0.3, -0.25) is 4.90 Å². The van der Waals surface area contributed by atoms with E-state index in [4.69, 9.17) is 21.2 Å². The number of rotatable bonds is 9. The summed E-state index contributed by atoms with van der Waals surface area (Å²) in [5, 5.41) is 15.6. The molecule has 0 aliphatic carbocycles. The van der Waals surface area contributed by atoms with Gasteiger partial charge in [0.25, 0.3) is 0 Å². The molecule has 6 heteroatoms. The topological polar surface area (TPSA) is 54.3 Å². The maximum atomic E-state index is 10.6. The Labute approximate surface area is 184 Å². The molecule has 0 saturated carbocycles. The molecule has 0 aromatic heterocycles. The van der Waals surface area contributed by atoms with Crippen molar-refractivity contribution in [3.63, 3.8) is 0 Å². The first-order valence-corrected chi connectivity index (χ1v) is 10.7. The van der Waals surface area contributed by atoms with E-state index < -0.39 is 6.10 Å². The van der Waals surface area contributed by atoms with Crippen LogP contribution in [0.1, 0.15) is 38.3 Å². The second-order valence-corrected chi connectivity index (χ2v) is 9.17. The van der Waals surface area contributed by atoms with Crippen LogP contribution in [0.25, 0.3) is 0 Å². The summed E-state index contributed by atoms with van der Waals surface area (Å²) in [5.41, 5.74) is 2.85. The molecule has 2 aromatic carbocycles. The Morgan fingerprint density at radius 1 is 1.20 bits per heavy atom. The van der Waals surface area contributed by atoms with Gasteiger partial charge in [0.1, 0.15) is 6.10 Å². The van der Waals surface area contributed by atoms with Crippen LogP contribution in [0.4, 0.5) is 0 Å². The van der Waals surface area contributed by atoms with E-state index >= 15 is 0 Å². The largest absolute Gasteiger partial charge is 0.390 e. The third-order valence-corrected chi connectivity index (χ3v) is 5.01. The van der Waals surface area contributed by atoms with E-state index in [1.54, 1.807) is 0 Å². The summed E-state index contributed by atoms with van der Waals surface area (Å²) in [6.07, 6.45) is 0.0828. The molecule has 0 spiro atoms. The number of ether oxygens (including phenoxy) is 1. The van der Waals surface area contributed by atoms with Gasteiger partial charge in [-0.2, -0.15) is 0 Å². The normalized spacial score (nSPS) is 17.7. The molecule has 1 N–H and O–H groups in total. The first-order valence-electron chi connectivity index (χ1n) is 10.4. The number of nitrogens with zero attached hydrogens (tertiary/aromatic N) is 2. The quantitative estimate of drug-likeness (QED) is 0.635. The number of aliphatic hydroxyl groups excluding tert-OH is 1. The van der Waals surface area contributed by atoms with E-state index in [0.717, 1.165) is 23.3 Å². The van der Waals surface area contributed by atoms with E-state index in [-0.39, 0.29) is 18.3 Å². The molecule has 2 atom stereocenters. The van der Waals surface area contributed by atoms with Crippen LogP contribution in [0.15, 0.2) is 59.8 Å². The van der Waals surface area contributed by atoms with Gasteiger partial charge in [-0.25, -0.2) is 0 Å². The maximum Gasteiger partial charge on any atom is 0.145 e. The van der Waals surface area contributed by atoms with Crippen molar-refractivity contribution in [2.45, 2.75) is 51.5 Å². The first kappa shape index (κ1) is 22.8. The van der Waals surface area contributed by atoms with Crippen molar-refractivity contribution in [3.05, 3.63) is 70.7 Å². The minimum atomic E-state index is -0.598. The minimum Gasteiger partial charge on any atom is -0.390 e. The highest BCUT2D eigenvalue weighted by Crippen LogP contribution is 2.20. The molecule has 0 saturated heterocycles. The van der Waals surface area contributed by atoms with Gasteiger partial charge in [0, 0.05) is 31.1 Å². The second-order valence-electron chi connectivity index (χ2n) is 8.74. The number of aliphatic hydroxyl groups is 1. The molecular weight excluding hydrogens is 400 g/mol. The third-order valence-electron chi connectivity index (χ3n) is 4.77. The monoisotopic (exact) mass is 430 g/mol. The number of benzene rings is 2. The zero-order valence-electron chi connectivity index (χ0n) is 17.9. The van der Waals surface area contributed by atoms with Crippen molar-refractivity contribution in [2.75, 3.05) is 19.7 Å². The van der Waals surface area contributed by atoms with Crippen molar-refractivity contribution in [1.29, 1.82) is 0 Å². The highest BCUT2D eigenvalue weighted by Gasteiger charge is 2.26. The summed E-state index contributed by atoms with van der Waals surface area (Å²) >= 11 is 6.16. The molecule has 30 heavy (non-hydrogen) atoms. The van der Waals surface area contributed by atoms with Gasteiger partial charge in [-0.1, -0.05) is 59.2 Å². The zero-order valence-corrected chi connectivity index (χ0v) is 18.7. The van der Waals surface area contributed by atoms with Crippen LogP contribution in [-0.4, -0.2) is 53.2 Å². The Balaban J connectivity index is 1.62. The summed E-state index contributed by atoms with van der Waals surface area (Å²) in [6, 6.07) is 17.9. The molecule has 0 bridgehead atoms. The van der Waals surface area contributed by atoms with Crippen LogP contribution < -0.4 is 0 Å². The van der Waals surface area contributed by atoms with Gasteiger partial charge in [0.05, 0.1) is 24.0 Å². The second kappa shape index (κ2) is 10.4. The van der Waals surface area contributed by atoms with Crippen molar-refractivity contribution in [2.24, 2.45) is 5.16 Å². The molecule has 3 rings (SSSR count). The summed E-state index contributed by atoms with van der Waals surface area (Å²) in [6.45, 7) is 8.03. The molecule has 1 aliphatic rings. The fourth-order valence-electron chi connectivity index (χ4n) is 3.41. The third kappa shape index (κ3) is 7.40. The highest BCUT2D eigenvalue weighted by atomic mass is 35.5. The molecule has 2 aromatic rings. The summed E-state index contributed by atoms with van der Waals surface area (Å²) in [5.74, 6) is 0. The average molecular weight is 431 g/mol. The molecule has 0 radical (unpaired) electrons. The average Bonchev–Trinajstić information content (AvgIpc) is 3.15. The molecule has 0 amide bonds. The van der Waals surface area contributed by atoms with Crippen LogP contribution in [0.2, 0.25) is 5.02 Å². The van der Waals surface area contributed by atoms with Gasteiger partial charge in [0.2, 0.25) is 0 Å². The Bertz CT molecular complexity index is 836. The number of hydrogen-bond acceptors (Lipinski definition) is 5. The van der Waals surface area contributed by atoms with Crippen LogP contribution in [-0.2, 0) is 16.1 Å². The molecule has 5 nitrogen and oxygen atoms in total. The molecule has 1 heterocycles. The molecular formula is C24H31ClN2O3. The molecule has 1 aliphatic heterocycles. The van der Waals surface area contributed by atoms with E-state index in [2.05, 4.69) is 10.1 Å². The highest BCUT2D eigenvalue weighted by molar-refractivity contribution is 6.30. The van der Waals surface area contributed by atoms with Crippen molar-refractivity contribution in [1.82, 2.24) is 4.90 Å². The molecule has 162 valence electrons. The van der Waals surface area contributed by atoms with Crippen LogP contribution >= 0.6 is 11.6 Å². The predicted octanol–water partition coefficient (Wildman–Crippen LogP) is 4.51. The van der Waals surface area contributed by atoms with Gasteiger partial charge in [-0.15, -0.1) is 0 Å². The first-order chi connectivity index (χ1) is 14.3. The zero-order chi connectivity index (χ0) is 21.6. The smallest absolute Gasteiger partial charge is 0.145 e.